The largest absolute Gasteiger partial charge is 0.323 e. The van der Waals surface area contributed by atoms with E-state index >= 15 is 0 Å². The van der Waals surface area contributed by atoms with E-state index in [4.69, 9.17) is 5.73 Å². The molecule has 1 fully saturated rings. The highest BCUT2D eigenvalue weighted by Crippen LogP contribution is 2.33. The third-order valence-corrected chi connectivity index (χ3v) is 4.96. The van der Waals surface area contributed by atoms with E-state index in [0.29, 0.717) is 12.1 Å². The number of nitrogens with zero attached hydrogens (tertiary/aromatic N) is 2. The summed E-state index contributed by atoms with van der Waals surface area (Å²) in [5, 5.41) is 0. The lowest BCUT2D eigenvalue weighted by Crippen LogP contribution is -2.51. The number of piperidine rings is 1. The summed E-state index contributed by atoms with van der Waals surface area (Å²) in [5.74, 6) is 0. The van der Waals surface area contributed by atoms with E-state index in [1.807, 2.05) is 0 Å². The maximum Gasteiger partial charge on any atom is 0.0459 e. The molecule has 0 spiro atoms. The molecule has 19 heavy (non-hydrogen) atoms. The summed E-state index contributed by atoms with van der Waals surface area (Å²) in [6, 6.07) is 9.96. The summed E-state index contributed by atoms with van der Waals surface area (Å²) in [6.07, 6.45) is 3.72. The van der Waals surface area contributed by atoms with Crippen LogP contribution in [0, 0.1) is 0 Å². The molecular formula is C16H25N3. The third-order valence-electron chi connectivity index (χ3n) is 4.96. The molecular weight excluding hydrogens is 234 g/mol. The lowest BCUT2D eigenvalue weighted by Gasteiger charge is -2.40. The lowest BCUT2D eigenvalue weighted by molar-refractivity contribution is 0.0919. The first-order chi connectivity index (χ1) is 9.16. The summed E-state index contributed by atoms with van der Waals surface area (Å²) in [7, 11) is 4.49. The Labute approximate surface area is 116 Å². The SMILES string of the molecule is CN1CCCC(N(C)C2Cc3ccccc3C2N)C1. The summed E-state index contributed by atoms with van der Waals surface area (Å²) < 4.78 is 0. The van der Waals surface area contributed by atoms with E-state index < -0.39 is 0 Å². The minimum absolute atomic E-state index is 0.174. The number of likely N-dealkylation sites (tertiary alicyclic amines) is 1. The minimum atomic E-state index is 0.174. The van der Waals surface area contributed by atoms with E-state index in [1.54, 1.807) is 0 Å². The molecule has 2 aliphatic rings. The molecule has 3 nitrogen and oxygen atoms in total. The molecule has 1 aliphatic carbocycles. The van der Waals surface area contributed by atoms with Crippen LogP contribution in [0.25, 0.3) is 0 Å². The number of hydrogen-bond acceptors (Lipinski definition) is 3. The van der Waals surface area contributed by atoms with Crippen molar-refractivity contribution in [1.29, 1.82) is 0 Å². The molecule has 1 aromatic carbocycles. The first kappa shape index (κ1) is 13.1. The molecule has 3 rings (SSSR count). The first-order valence-corrected chi connectivity index (χ1v) is 7.40. The Morgan fingerprint density at radius 3 is 2.84 bits per heavy atom. The zero-order chi connectivity index (χ0) is 13.4. The second-order valence-electron chi connectivity index (χ2n) is 6.22. The van der Waals surface area contributed by atoms with Gasteiger partial charge >= 0.3 is 0 Å². The molecule has 1 saturated heterocycles. The normalized spacial score (nSPS) is 31.7. The van der Waals surface area contributed by atoms with Crippen LogP contribution in [0.15, 0.2) is 24.3 Å². The van der Waals surface area contributed by atoms with Crippen molar-refractivity contribution in [3.8, 4) is 0 Å². The molecule has 3 atom stereocenters. The van der Waals surface area contributed by atoms with Crippen molar-refractivity contribution in [3.63, 3.8) is 0 Å². The van der Waals surface area contributed by atoms with E-state index in [1.165, 1.54) is 37.1 Å². The topological polar surface area (TPSA) is 32.5 Å². The highest BCUT2D eigenvalue weighted by molar-refractivity contribution is 5.36. The van der Waals surface area contributed by atoms with Crippen molar-refractivity contribution in [2.45, 2.75) is 37.4 Å². The molecule has 0 radical (unpaired) electrons. The van der Waals surface area contributed by atoms with E-state index in [-0.39, 0.29) is 6.04 Å². The Bertz CT molecular complexity index is 445. The zero-order valence-electron chi connectivity index (χ0n) is 12.0. The molecule has 1 aromatic rings. The van der Waals surface area contributed by atoms with Crippen molar-refractivity contribution < 1.29 is 0 Å². The lowest BCUT2D eigenvalue weighted by atomic mass is 10.0. The number of benzene rings is 1. The van der Waals surface area contributed by atoms with Gasteiger partial charge < -0.3 is 10.6 Å². The fourth-order valence-electron chi connectivity index (χ4n) is 3.74. The minimum Gasteiger partial charge on any atom is -0.323 e. The summed E-state index contributed by atoms with van der Waals surface area (Å²) in [6.45, 7) is 2.41. The van der Waals surface area contributed by atoms with Gasteiger partial charge in [-0.3, -0.25) is 4.90 Å². The van der Waals surface area contributed by atoms with Crippen molar-refractivity contribution in [2.75, 3.05) is 27.2 Å². The van der Waals surface area contributed by atoms with Gasteiger partial charge in [0.25, 0.3) is 0 Å². The molecule has 0 saturated carbocycles. The van der Waals surface area contributed by atoms with Crippen LogP contribution in [0.1, 0.15) is 30.0 Å². The number of hydrogen-bond donors (Lipinski definition) is 1. The average Bonchev–Trinajstić information content (AvgIpc) is 2.76. The Hall–Kier alpha value is -0.900. The highest BCUT2D eigenvalue weighted by atomic mass is 15.2. The van der Waals surface area contributed by atoms with Crippen LogP contribution < -0.4 is 5.73 Å². The van der Waals surface area contributed by atoms with Gasteiger partial charge in [-0.05, 0) is 51.0 Å². The highest BCUT2D eigenvalue weighted by Gasteiger charge is 2.35. The second-order valence-corrected chi connectivity index (χ2v) is 6.22. The monoisotopic (exact) mass is 259 g/mol. The summed E-state index contributed by atoms with van der Waals surface area (Å²) in [4.78, 5) is 4.98. The van der Waals surface area contributed by atoms with Gasteiger partial charge in [0.05, 0.1) is 0 Å². The third kappa shape index (κ3) is 2.42. The van der Waals surface area contributed by atoms with Gasteiger partial charge in [-0.2, -0.15) is 0 Å². The Morgan fingerprint density at radius 2 is 2.11 bits per heavy atom. The van der Waals surface area contributed by atoms with E-state index in [2.05, 4.69) is 48.2 Å². The molecule has 2 N–H and O–H groups in total. The van der Waals surface area contributed by atoms with E-state index in [9.17, 15) is 0 Å². The van der Waals surface area contributed by atoms with E-state index in [0.717, 1.165) is 6.42 Å². The van der Waals surface area contributed by atoms with Crippen LogP contribution in [0.2, 0.25) is 0 Å². The molecule has 3 heteroatoms. The predicted molar refractivity (Wildman–Crippen MR) is 79.1 cm³/mol. The molecule has 0 bridgehead atoms. The Kier molecular flexibility index (Phi) is 3.61. The van der Waals surface area contributed by atoms with Crippen LogP contribution >= 0.6 is 0 Å². The van der Waals surface area contributed by atoms with Crippen LogP contribution in [-0.2, 0) is 6.42 Å². The quantitative estimate of drug-likeness (QED) is 0.876. The van der Waals surface area contributed by atoms with Gasteiger partial charge in [-0.15, -0.1) is 0 Å². The number of rotatable bonds is 2. The van der Waals surface area contributed by atoms with Crippen molar-refractivity contribution in [2.24, 2.45) is 5.73 Å². The van der Waals surface area contributed by atoms with Gasteiger partial charge in [0, 0.05) is 24.7 Å². The van der Waals surface area contributed by atoms with Gasteiger partial charge in [-0.25, -0.2) is 0 Å². The fourth-order valence-corrected chi connectivity index (χ4v) is 3.74. The van der Waals surface area contributed by atoms with Gasteiger partial charge in [0.2, 0.25) is 0 Å². The molecule has 3 unspecified atom stereocenters. The maximum absolute atomic E-state index is 6.48. The van der Waals surface area contributed by atoms with Gasteiger partial charge in [0.15, 0.2) is 0 Å². The number of nitrogens with two attached hydrogens (primary N) is 1. The first-order valence-electron chi connectivity index (χ1n) is 7.40. The molecule has 0 aromatic heterocycles. The fraction of sp³-hybridized carbons (Fsp3) is 0.625. The van der Waals surface area contributed by atoms with Gasteiger partial charge in [0.1, 0.15) is 0 Å². The molecule has 1 heterocycles. The molecule has 0 amide bonds. The second kappa shape index (κ2) is 5.23. The van der Waals surface area contributed by atoms with Crippen LogP contribution in [0.3, 0.4) is 0 Å². The number of fused-ring (bicyclic) bond motifs is 1. The average molecular weight is 259 g/mol. The molecule has 1 aliphatic heterocycles. The zero-order valence-corrected chi connectivity index (χ0v) is 12.0. The standard InChI is InChI=1S/C16H25N3/c1-18-9-5-7-13(11-18)19(2)15-10-12-6-3-4-8-14(12)16(15)17/h3-4,6,8,13,15-16H,5,7,9-11,17H2,1-2H3. The number of likely N-dealkylation sites (N-methyl/N-ethyl adjacent to an activating group) is 2. The van der Waals surface area contributed by atoms with Crippen molar-refractivity contribution in [3.05, 3.63) is 35.4 Å². The van der Waals surface area contributed by atoms with Crippen molar-refractivity contribution >= 4 is 0 Å². The van der Waals surface area contributed by atoms with Crippen molar-refractivity contribution in [1.82, 2.24) is 9.80 Å². The Balaban J connectivity index is 1.74. The van der Waals surface area contributed by atoms with Crippen LogP contribution in [0.5, 0.6) is 0 Å². The maximum atomic E-state index is 6.48. The van der Waals surface area contributed by atoms with Gasteiger partial charge in [-0.1, -0.05) is 24.3 Å². The van der Waals surface area contributed by atoms with Crippen LogP contribution in [-0.4, -0.2) is 49.1 Å². The smallest absolute Gasteiger partial charge is 0.0459 e. The Morgan fingerprint density at radius 1 is 1.32 bits per heavy atom. The summed E-state index contributed by atoms with van der Waals surface area (Å²) in [5.41, 5.74) is 9.27. The summed E-state index contributed by atoms with van der Waals surface area (Å²) >= 11 is 0. The predicted octanol–water partition coefficient (Wildman–Crippen LogP) is 1.64. The molecule has 104 valence electrons. The van der Waals surface area contributed by atoms with Crippen LogP contribution in [0.4, 0.5) is 0 Å².